The van der Waals surface area contributed by atoms with Crippen molar-refractivity contribution in [3.05, 3.63) is 29.3 Å². The first kappa shape index (κ1) is 16.0. The first-order valence-corrected chi connectivity index (χ1v) is 7.06. The highest BCUT2D eigenvalue weighted by molar-refractivity contribution is 5.41. The van der Waals surface area contributed by atoms with Crippen LogP contribution in [0.5, 0.6) is 5.75 Å². The second-order valence-electron chi connectivity index (χ2n) is 7.21. The number of benzene rings is 1. The monoisotopic (exact) mass is 263 g/mol. The van der Waals surface area contributed by atoms with E-state index in [0.717, 1.165) is 18.7 Å². The lowest BCUT2D eigenvalue weighted by atomic mass is 9.85. The molecule has 1 rings (SSSR count). The summed E-state index contributed by atoms with van der Waals surface area (Å²) in [6.07, 6.45) is 1.05. The Morgan fingerprint density at radius 2 is 1.68 bits per heavy atom. The molecule has 0 heterocycles. The van der Waals surface area contributed by atoms with Gasteiger partial charge in [0.2, 0.25) is 0 Å². The van der Waals surface area contributed by atoms with E-state index in [1.807, 2.05) is 0 Å². The first-order valence-electron chi connectivity index (χ1n) is 7.06. The molecule has 0 spiro atoms. The topological polar surface area (TPSA) is 21.3 Å². The molecule has 0 bridgehead atoms. The molecule has 0 aliphatic carbocycles. The Morgan fingerprint density at radius 3 is 2.16 bits per heavy atom. The lowest BCUT2D eigenvalue weighted by Gasteiger charge is -2.24. The molecule has 1 N–H and O–H groups in total. The number of methoxy groups -OCH3 is 1. The molecule has 0 unspecified atom stereocenters. The summed E-state index contributed by atoms with van der Waals surface area (Å²) < 4.78 is 5.47. The number of hydrogen-bond donors (Lipinski definition) is 1. The predicted molar refractivity (Wildman–Crippen MR) is 83.2 cm³/mol. The van der Waals surface area contributed by atoms with Crippen molar-refractivity contribution in [1.29, 1.82) is 0 Å². The largest absolute Gasteiger partial charge is 0.496 e. The van der Waals surface area contributed by atoms with Gasteiger partial charge < -0.3 is 10.1 Å². The van der Waals surface area contributed by atoms with Crippen LogP contribution in [0.15, 0.2) is 18.2 Å². The quantitative estimate of drug-likeness (QED) is 0.889. The van der Waals surface area contributed by atoms with E-state index < -0.39 is 0 Å². The smallest absolute Gasteiger partial charge is 0.122 e. The number of ether oxygens (including phenoxy) is 1. The van der Waals surface area contributed by atoms with Gasteiger partial charge in [0.05, 0.1) is 7.11 Å². The Balaban J connectivity index is 2.82. The van der Waals surface area contributed by atoms with E-state index in [9.17, 15) is 0 Å². The van der Waals surface area contributed by atoms with E-state index in [-0.39, 0.29) is 11.0 Å². The first-order chi connectivity index (χ1) is 8.63. The van der Waals surface area contributed by atoms with Gasteiger partial charge in [-0.2, -0.15) is 0 Å². The van der Waals surface area contributed by atoms with Gasteiger partial charge in [-0.25, -0.2) is 0 Å². The van der Waals surface area contributed by atoms with Gasteiger partial charge in [0, 0.05) is 5.54 Å². The molecule has 0 aliphatic rings. The van der Waals surface area contributed by atoms with Crippen molar-refractivity contribution in [2.24, 2.45) is 0 Å². The van der Waals surface area contributed by atoms with Gasteiger partial charge in [0.25, 0.3) is 0 Å². The molecule has 0 saturated heterocycles. The molecular weight excluding hydrogens is 234 g/mol. The lowest BCUT2D eigenvalue weighted by molar-refractivity contribution is 0.397. The van der Waals surface area contributed by atoms with Crippen molar-refractivity contribution in [3.63, 3.8) is 0 Å². The number of rotatable bonds is 4. The molecule has 19 heavy (non-hydrogen) atoms. The number of nitrogens with one attached hydrogen (secondary N) is 1. The minimum Gasteiger partial charge on any atom is -0.496 e. The van der Waals surface area contributed by atoms with Gasteiger partial charge in [-0.15, -0.1) is 0 Å². The molecule has 0 amide bonds. The average molecular weight is 263 g/mol. The third kappa shape index (κ3) is 5.23. The Kier molecular flexibility index (Phi) is 5.03. The van der Waals surface area contributed by atoms with E-state index in [0.29, 0.717) is 0 Å². The van der Waals surface area contributed by atoms with Crippen LogP contribution in [0.25, 0.3) is 0 Å². The SMILES string of the molecule is COc1ccc(CCNC(C)(C)C)cc1C(C)(C)C. The second kappa shape index (κ2) is 5.96. The van der Waals surface area contributed by atoms with Gasteiger partial charge >= 0.3 is 0 Å². The normalized spacial score (nSPS) is 12.6. The number of hydrogen-bond acceptors (Lipinski definition) is 2. The van der Waals surface area contributed by atoms with Gasteiger partial charge in [-0.1, -0.05) is 32.9 Å². The molecular formula is C17H29NO. The summed E-state index contributed by atoms with van der Waals surface area (Å²) in [7, 11) is 1.74. The van der Waals surface area contributed by atoms with Crippen LogP contribution >= 0.6 is 0 Å². The molecule has 108 valence electrons. The fourth-order valence-electron chi connectivity index (χ4n) is 2.08. The van der Waals surface area contributed by atoms with Crippen molar-refractivity contribution in [1.82, 2.24) is 5.32 Å². The van der Waals surface area contributed by atoms with Crippen LogP contribution in [0, 0.1) is 0 Å². The van der Waals surface area contributed by atoms with E-state index in [2.05, 4.69) is 65.1 Å². The molecule has 1 aromatic carbocycles. The van der Waals surface area contributed by atoms with Crippen molar-refractivity contribution >= 4 is 0 Å². The highest BCUT2D eigenvalue weighted by Crippen LogP contribution is 2.32. The van der Waals surface area contributed by atoms with Gasteiger partial charge in [-0.3, -0.25) is 0 Å². The van der Waals surface area contributed by atoms with E-state index in [1.165, 1.54) is 11.1 Å². The Labute approximate surface area is 118 Å². The summed E-state index contributed by atoms with van der Waals surface area (Å²) in [5, 5.41) is 3.53. The molecule has 0 atom stereocenters. The molecule has 2 heteroatoms. The van der Waals surface area contributed by atoms with Gasteiger partial charge in [-0.05, 0) is 56.3 Å². The summed E-state index contributed by atoms with van der Waals surface area (Å²) in [5.41, 5.74) is 2.93. The summed E-state index contributed by atoms with van der Waals surface area (Å²) in [6.45, 7) is 14.3. The zero-order chi connectivity index (χ0) is 14.7. The summed E-state index contributed by atoms with van der Waals surface area (Å²) >= 11 is 0. The van der Waals surface area contributed by atoms with Crippen molar-refractivity contribution in [2.45, 2.75) is 58.9 Å². The van der Waals surface area contributed by atoms with Crippen LogP contribution < -0.4 is 10.1 Å². The van der Waals surface area contributed by atoms with Crippen LogP contribution in [0.2, 0.25) is 0 Å². The van der Waals surface area contributed by atoms with Crippen LogP contribution in [-0.2, 0) is 11.8 Å². The average Bonchev–Trinajstić information content (AvgIpc) is 2.26. The highest BCUT2D eigenvalue weighted by atomic mass is 16.5. The van der Waals surface area contributed by atoms with Crippen LogP contribution in [0.4, 0.5) is 0 Å². The minimum absolute atomic E-state index is 0.110. The van der Waals surface area contributed by atoms with E-state index in [1.54, 1.807) is 7.11 Å². The molecule has 0 aliphatic heterocycles. The maximum Gasteiger partial charge on any atom is 0.122 e. The molecule has 1 aromatic rings. The Bertz CT molecular complexity index is 410. The lowest BCUT2D eigenvalue weighted by Crippen LogP contribution is -2.37. The van der Waals surface area contributed by atoms with Crippen molar-refractivity contribution < 1.29 is 4.74 Å². The second-order valence-corrected chi connectivity index (χ2v) is 7.21. The van der Waals surface area contributed by atoms with E-state index >= 15 is 0 Å². The zero-order valence-electron chi connectivity index (χ0n) is 13.6. The molecule has 0 saturated carbocycles. The summed E-state index contributed by atoms with van der Waals surface area (Å²) in [4.78, 5) is 0. The minimum atomic E-state index is 0.110. The van der Waals surface area contributed by atoms with Crippen molar-refractivity contribution in [2.75, 3.05) is 13.7 Å². The van der Waals surface area contributed by atoms with Crippen molar-refractivity contribution in [3.8, 4) is 5.75 Å². The Hall–Kier alpha value is -1.02. The summed E-state index contributed by atoms with van der Waals surface area (Å²) in [5.74, 6) is 0.986. The maximum atomic E-state index is 5.47. The summed E-state index contributed by atoms with van der Waals surface area (Å²) in [6, 6.07) is 6.54. The van der Waals surface area contributed by atoms with Gasteiger partial charge in [0.1, 0.15) is 5.75 Å². The predicted octanol–water partition coefficient (Wildman–Crippen LogP) is 3.92. The molecule has 0 fully saturated rings. The van der Waals surface area contributed by atoms with Gasteiger partial charge in [0.15, 0.2) is 0 Å². The standard InChI is InChI=1S/C17H29NO/c1-16(2,3)14-12-13(8-9-15(14)19-7)10-11-18-17(4,5)6/h8-9,12,18H,10-11H2,1-7H3. The van der Waals surface area contributed by atoms with Crippen LogP contribution in [0.3, 0.4) is 0 Å². The maximum absolute atomic E-state index is 5.47. The molecule has 0 aromatic heterocycles. The molecule has 2 nitrogen and oxygen atoms in total. The van der Waals surface area contributed by atoms with E-state index in [4.69, 9.17) is 4.74 Å². The Morgan fingerprint density at radius 1 is 1.05 bits per heavy atom. The fourth-order valence-corrected chi connectivity index (χ4v) is 2.08. The fraction of sp³-hybridized carbons (Fsp3) is 0.647. The van der Waals surface area contributed by atoms with Crippen LogP contribution in [0.1, 0.15) is 52.7 Å². The third-order valence-electron chi connectivity index (χ3n) is 3.14. The zero-order valence-corrected chi connectivity index (χ0v) is 13.6. The highest BCUT2D eigenvalue weighted by Gasteiger charge is 2.19. The van der Waals surface area contributed by atoms with Crippen LogP contribution in [-0.4, -0.2) is 19.2 Å². The molecule has 0 radical (unpaired) electrons. The third-order valence-corrected chi connectivity index (χ3v) is 3.14.